The second kappa shape index (κ2) is 37.8. The van der Waals surface area contributed by atoms with Crippen LogP contribution in [-0.4, -0.2) is 190 Å². The number of piperazine rings is 3. The first-order valence-electron chi connectivity index (χ1n) is 44.1. The minimum absolute atomic E-state index is 0.0194. The molecule has 0 aliphatic carbocycles. The molecule has 7 aromatic heterocycles. The standard InChI is InChI=1S/C33H30Cl2F3N7O3.C32H28Cl2F3N7O3.C31H29Cl2F2N7O4S/c1-7-19(46)43-12-18-32(47)42(6)29-22-30(25(38)20(24(29)37)21-23(36)16(34)10-17(35)26(21)39)45(28-14(4)8-9-40-27(28)13(2)3)33(48)41-31(22)44(18)11-15(43)5;1-6-18(45)42-11-17-31(46)40-27-21-29(24(37)19(23(27)36)20-22(35)15(33)9-16(34)25(20)38)44(28-13(4)7-8-39-26(28)12(2)3)32(47)41-30(21)43(17)10-14(42)5;1-6-19(43)40-11-16-12-47(45,46)28-21-29(41(16)10-15(40)5)39-31(44)42(27-14(4)7-8-37-25(27)13(2)3)30(21)38-26(23(28)35)20-22(34)17(32)9-18(33)24(20)36/h7-10,13,15,18H,1,11-12,39H2,2-6H3;6-9,12,14,17H,1,10-11,38H2,2-5H3,(H,40,46);6-9,13,15-16H,1,10-12,36H2,2-5H3. The van der Waals surface area contributed by atoms with Gasteiger partial charge in [0, 0.05) is 81.1 Å². The van der Waals surface area contributed by atoms with E-state index in [1.165, 1.54) is 43.9 Å². The second-order valence-corrected chi connectivity index (χ2v) is 40.4. The third-order valence-electron chi connectivity index (χ3n) is 26.1. The van der Waals surface area contributed by atoms with Crippen molar-refractivity contribution in [1.82, 2.24) is 63.3 Å². The van der Waals surface area contributed by atoms with E-state index in [9.17, 15) is 46.8 Å². The number of fused-ring (bicyclic) bond motifs is 6. The summed E-state index contributed by atoms with van der Waals surface area (Å²) >= 11 is 36.8. The largest absolute Gasteiger partial charge is 0.397 e. The zero-order chi connectivity index (χ0) is 104. The predicted molar refractivity (Wildman–Crippen MR) is 531 cm³/mol. The van der Waals surface area contributed by atoms with Gasteiger partial charge < -0.3 is 56.8 Å². The number of halogens is 14. The summed E-state index contributed by atoms with van der Waals surface area (Å²) in [5, 5.41) is -0.678. The van der Waals surface area contributed by atoms with E-state index >= 15 is 35.1 Å². The lowest BCUT2D eigenvalue weighted by atomic mass is 9.97. The molecule has 6 aliphatic heterocycles. The fraction of sp³-hybridized carbons (Fsp3) is 0.302. The Balaban J connectivity index is 0.000000153. The van der Waals surface area contributed by atoms with Crippen LogP contribution in [-0.2, 0) is 33.8 Å². The Kier molecular flexibility index (Phi) is 27.0. The Labute approximate surface area is 834 Å². The second-order valence-electron chi connectivity index (χ2n) is 36.0. The number of hydrogen-bond acceptors (Lipinski definition) is 23. The van der Waals surface area contributed by atoms with Gasteiger partial charge in [0.1, 0.15) is 51.2 Å². The number of rotatable bonds is 12. The van der Waals surface area contributed by atoms with Crippen molar-refractivity contribution < 1.29 is 67.5 Å². The molecule has 0 saturated carbocycles. The number of sulfone groups is 1. The molecule has 5 aromatic carbocycles. The van der Waals surface area contributed by atoms with Gasteiger partial charge in [-0.25, -0.2) is 67.5 Å². The van der Waals surface area contributed by atoms with Gasteiger partial charge in [0.05, 0.1) is 150 Å². The van der Waals surface area contributed by atoms with Crippen LogP contribution in [0.15, 0.2) is 112 Å². The Bertz CT molecular complexity index is 7850. The highest BCUT2D eigenvalue weighted by molar-refractivity contribution is 7.91. The van der Waals surface area contributed by atoms with Crippen molar-refractivity contribution in [2.24, 2.45) is 0 Å². The molecule has 6 atom stereocenters. The van der Waals surface area contributed by atoms with E-state index in [4.69, 9.17) is 86.8 Å². The molecule has 6 aliphatic rings. The van der Waals surface area contributed by atoms with E-state index < -0.39 is 238 Å². The molecule has 18 rings (SSSR count). The van der Waals surface area contributed by atoms with Crippen LogP contribution in [0.4, 0.5) is 81.0 Å². The number of nitrogens with zero attached hydrogens (tertiary/aromatic N) is 17. The Morgan fingerprint density at radius 3 is 1.25 bits per heavy atom. The maximum Gasteiger partial charge on any atom is 0.355 e. The first-order valence-corrected chi connectivity index (χ1v) is 48.0. The summed E-state index contributed by atoms with van der Waals surface area (Å²) in [5.41, 5.74) is 10.0. The molecule has 3 saturated heterocycles. The molecule has 7 N–H and O–H groups in total. The summed E-state index contributed by atoms with van der Waals surface area (Å²) in [6.45, 7) is 31.5. The molecule has 12 aromatic rings. The SMILES string of the molecule is C=CC(=O)N1CC2C(=O)N(C)c3c(F)c(-c4c(N)c(Cl)cc(Cl)c4F)c(F)c4c3c(nc(=O)n4-c3c(C)ccnc3C(C)C)N2CC1C.C=CC(=O)N1CC2C(=O)Nc3c(F)c(-c4c(N)c(Cl)cc(Cl)c4F)c(F)c4c3c(nc(=O)n4-c3c(C)ccnc3C(C)C)N2CC1C.C=CC(=O)N1CC2CS(=O)(=O)c3c(F)c(-c4c(N)c(Cl)cc(Cl)c4F)nc4c3c(nc(=O)n4-c3c(C)ccnc3C(C)C)N2CC1C. The van der Waals surface area contributed by atoms with E-state index in [0.717, 1.165) is 55.0 Å². The average Bonchev–Trinajstić information content (AvgIpc) is 1.32. The van der Waals surface area contributed by atoms with Crippen LogP contribution in [0, 0.1) is 67.3 Å². The van der Waals surface area contributed by atoms with Crippen LogP contribution in [0.5, 0.6) is 0 Å². The smallest absolute Gasteiger partial charge is 0.355 e. The fourth-order valence-electron chi connectivity index (χ4n) is 19.4. The third-order valence-corrected chi connectivity index (χ3v) is 29.7. The van der Waals surface area contributed by atoms with Crippen LogP contribution in [0.3, 0.4) is 0 Å². The minimum atomic E-state index is -4.60. The van der Waals surface area contributed by atoms with E-state index in [1.807, 2.05) is 41.5 Å². The van der Waals surface area contributed by atoms with Crippen molar-refractivity contribution in [2.75, 3.05) is 94.2 Å². The maximum absolute atomic E-state index is 17.5. The Morgan fingerprint density at radius 1 is 0.451 bits per heavy atom. The molecule has 5 amide bonds. The monoisotopic (exact) mass is 2090 g/mol. The Hall–Kier alpha value is -13.4. The fourth-order valence-corrected chi connectivity index (χ4v) is 22.6. The van der Waals surface area contributed by atoms with Crippen molar-refractivity contribution in [1.29, 1.82) is 0 Å². The predicted octanol–water partition coefficient (Wildman–Crippen LogP) is 16.3. The summed E-state index contributed by atoms with van der Waals surface area (Å²) in [4.78, 5) is 149. The van der Waals surface area contributed by atoms with Gasteiger partial charge >= 0.3 is 17.1 Å². The van der Waals surface area contributed by atoms with Crippen LogP contribution >= 0.6 is 69.6 Å². The highest BCUT2D eigenvalue weighted by Gasteiger charge is 2.50. The molecule has 740 valence electrons. The summed E-state index contributed by atoms with van der Waals surface area (Å²) < 4.78 is 165. The normalized spacial score (nSPS) is 18.0. The molecular formula is C96H87Cl6F8N21O10S. The minimum Gasteiger partial charge on any atom is -0.397 e. The molecule has 0 radical (unpaired) electrons. The number of carbonyl (C=O) groups excluding carboxylic acids is 5. The average molecular weight is 2090 g/mol. The number of anilines is 8. The van der Waals surface area contributed by atoms with Gasteiger partial charge in [-0.2, -0.15) is 15.0 Å². The third kappa shape index (κ3) is 16.3. The molecule has 0 bridgehead atoms. The highest BCUT2D eigenvalue weighted by Crippen LogP contribution is 2.54. The van der Waals surface area contributed by atoms with Crippen LogP contribution in [0.1, 0.15) is 114 Å². The quantitative estimate of drug-likeness (QED) is 0.0382. The number of aryl methyl sites for hydroxylation is 3. The van der Waals surface area contributed by atoms with Crippen LogP contribution < -0.4 is 59.2 Å². The number of hydrogen-bond donors (Lipinski definition) is 4. The van der Waals surface area contributed by atoms with Crippen molar-refractivity contribution in [3.63, 3.8) is 0 Å². The molecule has 13 heterocycles. The first-order chi connectivity index (χ1) is 66.9. The number of likely N-dealkylation sites (N-methyl/N-ethyl adjacent to an activating group) is 1. The highest BCUT2D eigenvalue weighted by atomic mass is 35.5. The first kappa shape index (κ1) is 102. The van der Waals surface area contributed by atoms with Gasteiger partial charge in [0.25, 0.3) is 5.91 Å². The molecule has 142 heavy (non-hydrogen) atoms. The van der Waals surface area contributed by atoms with Gasteiger partial charge in [-0.3, -0.25) is 48.1 Å². The topological polar surface area (TPSA) is 388 Å². The van der Waals surface area contributed by atoms with Crippen LogP contribution in [0.25, 0.3) is 83.4 Å². The van der Waals surface area contributed by atoms with Gasteiger partial charge in [0.2, 0.25) is 23.6 Å². The zero-order valence-electron chi connectivity index (χ0n) is 77.8. The maximum atomic E-state index is 17.5. The Morgan fingerprint density at radius 2 is 0.817 bits per heavy atom. The summed E-state index contributed by atoms with van der Waals surface area (Å²) in [5.74, 6) is -15.4. The van der Waals surface area contributed by atoms with Crippen molar-refractivity contribution >= 4 is 188 Å². The van der Waals surface area contributed by atoms with Crippen molar-refractivity contribution in [3.05, 3.63) is 235 Å². The van der Waals surface area contributed by atoms with Crippen molar-refractivity contribution in [3.8, 4) is 50.6 Å². The van der Waals surface area contributed by atoms with Gasteiger partial charge in [-0.1, -0.05) is 131 Å². The van der Waals surface area contributed by atoms with E-state index in [1.54, 1.807) is 70.8 Å². The lowest BCUT2D eigenvalue weighted by Crippen LogP contribution is -2.63. The van der Waals surface area contributed by atoms with Gasteiger partial charge in [0.15, 0.2) is 62.0 Å². The van der Waals surface area contributed by atoms with E-state index in [0.29, 0.717) is 33.8 Å². The van der Waals surface area contributed by atoms with Gasteiger partial charge in [-0.15, -0.1) is 0 Å². The summed E-state index contributed by atoms with van der Waals surface area (Å²) in [6, 6.07) is 3.13. The zero-order valence-corrected chi connectivity index (χ0v) is 83.2. The van der Waals surface area contributed by atoms with E-state index in [-0.39, 0.29) is 128 Å². The lowest BCUT2D eigenvalue weighted by molar-refractivity contribution is -0.131. The number of aromatic nitrogens is 10. The number of benzene rings is 5. The molecular weight excluding hydrogens is 2000 g/mol. The lowest BCUT2D eigenvalue weighted by Gasteiger charge is -2.44. The van der Waals surface area contributed by atoms with E-state index in [2.05, 4.69) is 59.9 Å². The number of nitrogens with one attached hydrogen (secondary N) is 1. The molecule has 31 nitrogen and oxygen atoms in total. The molecule has 0 spiro atoms. The number of amides is 5. The molecule has 3 fully saturated rings. The summed E-state index contributed by atoms with van der Waals surface area (Å²) in [7, 11) is -3.34. The van der Waals surface area contributed by atoms with Gasteiger partial charge in [-0.05, 0) is 131 Å². The molecule has 46 heteroatoms. The van der Waals surface area contributed by atoms with Crippen molar-refractivity contribution in [2.45, 2.75) is 142 Å². The number of pyridine rings is 4. The number of nitrogen functional groups attached to an aromatic ring is 3. The summed E-state index contributed by atoms with van der Waals surface area (Å²) in [6.07, 6.45) is 7.97. The molecule has 6 unspecified atom stereocenters. The van der Waals surface area contributed by atoms with Crippen LogP contribution in [0.2, 0.25) is 30.1 Å². The number of nitrogens with two attached hydrogens (primary N) is 3. The number of carbonyl (C=O) groups is 5.